The molecule has 120 valence electrons. The van der Waals surface area contributed by atoms with E-state index < -0.39 is 5.92 Å². The number of aromatic nitrogens is 2. The largest absolute Gasteiger partial charge is 0.329 e. The fourth-order valence-electron chi connectivity index (χ4n) is 3.28. The molecule has 0 spiro atoms. The maximum absolute atomic E-state index is 13.2. The van der Waals surface area contributed by atoms with E-state index in [4.69, 9.17) is 0 Å². The zero-order chi connectivity index (χ0) is 15.6. The first-order chi connectivity index (χ1) is 10.5. The van der Waals surface area contributed by atoms with Gasteiger partial charge in [0.1, 0.15) is 0 Å². The number of hydrogen-bond donors (Lipinski definition) is 0. The van der Waals surface area contributed by atoms with Crippen molar-refractivity contribution in [1.29, 1.82) is 0 Å². The molecule has 0 saturated heterocycles. The molecule has 0 N–H and O–H groups in total. The highest BCUT2D eigenvalue weighted by molar-refractivity contribution is 5.74. The first-order valence-electron chi connectivity index (χ1n) is 8.00. The summed E-state index contributed by atoms with van der Waals surface area (Å²) in [4.78, 5) is 6.64. The number of imidazole rings is 1. The van der Waals surface area contributed by atoms with Gasteiger partial charge in [0.05, 0.1) is 17.4 Å². The summed E-state index contributed by atoms with van der Waals surface area (Å²) in [6.45, 7) is 2.69. The lowest BCUT2D eigenvalue weighted by molar-refractivity contribution is -0.0482. The number of nitrogens with zero attached hydrogens (tertiary/aromatic N) is 3. The molecule has 0 bridgehead atoms. The Morgan fingerprint density at radius 3 is 2.77 bits per heavy atom. The lowest BCUT2D eigenvalue weighted by Gasteiger charge is -2.31. The van der Waals surface area contributed by atoms with E-state index in [9.17, 15) is 8.78 Å². The predicted molar refractivity (Wildman–Crippen MR) is 84.1 cm³/mol. The van der Waals surface area contributed by atoms with Crippen molar-refractivity contribution >= 4 is 11.0 Å². The molecule has 0 aliphatic heterocycles. The fourth-order valence-corrected chi connectivity index (χ4v) is 3.28. The van der Waals surface area contributed by atoms with E-state index in [-0.39, 0.29) is 12.8 Å². The molecule has 3 nitrogen and oxygen atoms in total. The molecular weight excluding hydrogens is 284 g/mol. The third-order valence-electron chi connectivity index (χ3n) is 4.66. The van der Waals surface area contributed by atoms with E-state index >= 15 is 0 Å². The summed E-state index contributed by atoms with van der Waals surface area (Å²) in [6, 6.07) is 8.10. The monoisotopic (exact) mass is 307 g/mol. The molecule has 3 rings (SSSR count). The average Bonchev–Trinajstić information content (AvgIpc) is 2.91. The van der Waals surface area contributed by atoms with Gasteiger partial charge in [-0.05, 0) is 37.9 Å². The second-order valence-electron chi connectivity index (χ2n) is 6.49. The number of para-hydroxylation sites is 2. The zero-order valence-electron chi connectivity index (χ0n) is 13.0. The van der Waals surface area contributed by atoms with Gasteiger partial charge in [-0.1, -0.05) is 12.1 Å². The van der Waals surface area contributed by atoms with E-state index in [1.54, 1.807) is 0 Å². The van der Waals surface area contributed by atoms with Gasteiger partial charge in [0.25, 0.3) is 0 Å². The summed E-state index contributed by atoms with van der Waals surface area (Å²) in [5, 5.41) is 0. The van der Waals surface area contributed by atoms with E-state index in [0.717, 1.165) is 30.7 Å². The van der Waals surface area contributed by atoms with Crippen LogP contribution in [0.5, 0.6) is 0 Å². The maximum Gasteiger partial charge on any atom is 0.248 e. The van der Waals surface area contributed by atoms with Gasteiger partial charge in [0.15, 0.2) is 0 Å². The fraction of sp³-hybridized carbons (Fsp3) is 0.588. The van der Waals surface area contributed by atoms with E-state index in [1.807, 2.05) is 24.5 Å². The third kappa shape index (κ3) is 3.64. The smallest absolute Gasteiger partial charge is 0.248 e. The zero-order valence-corrected chi connectivity index (χ0v) is 13.0. The number of alkyl halides is 2. The Morgan fingerprint density at radius 1 is 1.27 bits per heavy atom. The lowest BCUT2D eigenvalue weighted by Crippen LogP contribution is -2.33. The van der Waals surface area contributed by atoms with Crippen molar-refractivity contribution in [2.24, 2.45) is 5.92 Å². The van der Waals surface area contributed by atoms with Gasteiger partial charge < -0.3 is 9.47 Å². The second kappa shape index (κ2) is 6.32. The van der Waals surface area contributed by atoms with Crippen LogP contribution in [0.3, 0.4) is 0 Å². The Labute approximate surface area is 129 Å². The van der Waals surface area contributed by atoms with Crippen LogP contribution in [0.1, 0.15) is 25.7 Å². The first-order valence-corrected chi connectivity index (χ1v) is 8.00. The molecule has 1 aliphatic rings. The van der Waals surface area contributed by atoms with Gasteiger partial charge in [-0.3, -0.25) is 0 Å². The Balaban J connectivity index is 1.49. The highest BCUT2D eigenvalue weighted by atomic mass is 19.3. The maximum atomic E-state index is 13.2. The average molecular weight is 307 g/mol. The number of fused-ring (bicyclic) bond motifs is 1. The number of halogens is 2. The van der Waals surface area contributed by atoms with Crippen LogP contribution in [0, 0.1) is 5.92 Å². The van der Waals surface area contributed by atoms with Gasteiger partial charge >= 0.3 is 0 Å². The normalized spacial score (nSPS) is 19.1. The minimum Gasteiger partial charge on any atom is -0.329 e. The van der Waals surface area contributed by atoms with E-state index in [1.165, 1.54) is 0 Å². The summed E-state index contributed by atoms with van der Waals surface area (Å²) in [7, 11) is 2.08. The van der Waals surface area contributed by atoms with Crippen molar-refractivity contribution in [3.8, 4) is 0 Å². The van der Waals surface area contributed by atoms with Crippen LogP contribution in [0.2, 0.25) is 0 Å². The van der Waals surface area contributed by atoms with Gasteiger partial charge in [0.2, 0.25) is 5.92 Å². The molecule has 1 saturated carbocycles. The Bertz CT molecular complexity index is 613. The summed E-state index contributed by atoms with van der Waals surface area (Å²) < 4.78 is 28.5. The molecule has 1 aliphatic carbocycles. The van der Waals surface area contributed by atoms with Crippen LogP contribution in [0.15, 0.2) is 30.6 Å². The molecule has 0 amide bonds. The quantitative estimate of drug-likeness (QED) is 0.838. The Morgan fingerprint density at radius 2 is 2.00 bits per heavy atom. The van der Waals surface area contributed by atoms with Crippen LogP contribution in [0.4, 0.5) is 8.78 Å². The molecule has 2 aromatic rings. The molecule has 0 unspecified atom stereocenters. The molecule has 1 heterocycles. The molecule has 22 heavy (non-hydrogen) atoms. The third-order valence-corrected chi connectivity index (χ3v) is 4.66. The molecule has 1 aromatic heterocycles. The lowest BCUT2D eigenvalue weighted by atomic mass is 9.86. The van der Waals surface area contributed by atoms with Crippen LogP contribution in [0.25, 0.3) is 11.0 Å². The van der Waals surface area contributed by atoms with Crippen molar-refractivity contribution < 1.29 is 8.78 Å². The first kappa shape index (κ1) is 15.4. The van der Waals surface area contributed by atoms with Crippen LogP contribution in [-0.4, -0.2) is 40.5 Å². The summed E-state index contributed by atoms with van der Waals surface area (Å²) in [5.41, 5.74) is 2.16. The van der Waals surface area contributed by atoms with Crippen molar-refractivity contribution in [2.45, 2.75) is 38.2 Å². The minimum absolute atomic E-state index is 0.0532. The molecule has 5 heteroatoms. The number of rotatable bonds is 5. The SMILES string of the molecule is CN(CCn1cnc2ccccc21)CC1CCC(F)(F)CC1. The summed E-state index contributed by atoms with van der Waals surface area (Å²) in [6.07, 6.45) is 3.27. The van der Waals surface area contributed by atoms with E-state index in [0.29, 0.717) is 18.8 Å². The predicted octanol–water partition coefficient (Wildman–Crippen LogP) is 3.79. The molecule has 1 aromatic carbocycles. The van der Waals surface area contributed by atoms with Crippen molar-refractivity contribution in [3.63, 3.8) is 0 Å². The van der Waals surface area contributed by atoms with Gasteiger partial charge in [0, 0.05) is 32.5 Å². The highest BCUT2D eigenvalue weighted by Crippen LogP contribution is 2.36. The Kier molecular flexibility index (Phi) is 4.43. The topological polar surface area (TPSA) is 21.1 Å². The second-order valence-corrected chi connectivity index (χ2v) is 6.49. The minimum atomic E-state index is -2.43. The standard InChI is InChI=1S/C17H23F2N3/c1-21(12-14-6-8-17(18,19)9-7-14)10-11-22-13-20-15-4-2-3-5-16(15)22/h2-5,13-14H,6-12H2,1H3. The highest BCUT2D eigenvalue weighted by Gasteiger charge is 2.34. The van der Waals surface area contributed by atoms with Crippen LogP contribution >= 0.6 is 0 Å². The number of likely N-dealkylation sites (N-methyl/N-ethyl adjacent to an activating group) is 1. The van der Waals surface area contributed by atoms with Crippen LogP contribution < -0.4 is 0 Å². The van der Waals surface area contributed by atoms with Crippen molar-refractivity contribution in [1.82, 2.24) is 14.5 Å². The molecule has 0 atom stereocenters. The summed E-state index contributed by atoms with van der Waals surface area (Å²) >= 11 is 0. The number of hydrogen-bond acceptors (Lipinski definition) is 2. The number of benzene rings is 1. The van der Waals surface area contributed by atoms with Crippen LogP contribution in [-0.2, 0) is 6.54 Å². The van der Waals surface area contributed by atoms with Gasteiger partial charge in [-0.25, -0.2) is 13.8 Å². The van der Waals surface area contributed by atoms with Crippen molar-refractivity contribution in [2.75, 3.05) is 20.1 Å². The van der Waals surface area contributed by atoms with Gasteiger partial charge in [-0.2, -0.15) is 0 Å². The van der Waals surface area contributed by atoms with Crippen molar-refractivity contribution in [3.05, 3.63) is 30.6 Å². The molecule has 0 radical (unpaired) electrons. The van der Waals surface area contributed by atoms with Gasteiger partial charge in [-0.15, -0.1) is 0 Å². The summed E-state index contributed by atoms with van der Waals surface area (Å²) in [5.74, 6) is -2.02. The molecular formula is C17H23F2N3. The van der Waals surface area contributed by atoms with E-state index in [2.05, 4.69) is 27.6 Å². The molecule has 1 fully saturated rings. The Hall–Kier alpha value is -1.49.